The Kier molecular flexibility index (Phi) is 10.1. The molecular weight excluding hydrogens is 347 g/mol. The Bertz CT molecular complexity index is 275. The Labute approximate surface area is 127 Å². The standard InChI is InChI=1S/C11H24N4O2.HI/c1-11(2,3)17-10(16)14-8-7-13-9(12-4)15(5)6;/h7-8H2,1-6H3,(H,12,13)(H,14,16);1H. The SMILES string of the molecule is CN=C(NCCNC(=O)OC(C)(C)C)N(C)C.I. The maximum atomic E-state index is 11.3. The molecule has 0 atom stereocenters. The lowest BCUT2D eigenvalue weighted by Gasteiger charge is -2.20. The molecule has 2 N–H and O–H groups in total. The number of amides is 1. The van der Waals surface area contributed by atoms with Gasteiger partial charge in [-0.2, -0.15) is 0 Å². The fraction of sp³-hybridized carbons (Fsp3) is 0.818. The lowest BCUT2D eigenvalue weighted by molar-refractivity contribution is 0.0529. The fourth-order valence-corrected chi connectivity index (χ4v) is 1.09. The van der Waals surface area contributed by atoms with Gasteiger partial charge in [0, 0.05) is 34.2 Å². The number of carbonyl (C=O) groups is 1. The molecule has 0 aliphatic carbocycles. The van der Waals surface area contributed by atoms with Crippen LogP contribution < -0.4 is 10.6 Å². The minimum atomic E-state index is -0.461. The van der Waals surface area contributed by atoms with Gasteiger partial charge in [-0.3, -0.25) is 4.99 Å². The summed E-state index contributed by atoms with van der Waals surface area (Å²) < 4.78 is 5.10. The molecule has 18 heavy (non-hydrogen) atoms. The van der Waals surface area contributed by atoms with Gasteiger partial charge in [-0.15, -0.1) is 24.0 Å². The topological polar surface area (TPSA) is 66.0 Å². The number of carbonyl (C=O) groups excluding carboxylic acids is 1. The number of rotatable bonds is 3. The van der Waals surface area contributed by atoms with Gasteiger partial charge < -0.3 is 20.3 Å². The zero-order valence-corrected chi connectivity index (χ0v) is 14.4. The molecule has 0 aromatic rings. The summed E-state index contributed by atoms with van der Waals surface area (Å²) in [5.41, 5.74) is -0.461. The van der Waals surface area contributed by atoms with E-state index in [2.05, 4.69) is 15.6 Å². The second kappa shape index (κ2) is 9.23. The molecule has 0 fully saturated rings. The average Bonchev–Trinajstić information content (AvgIpc) is 2.14. The van der Waals surface area contributed by atoms with Gasteiger partial charge in [0.2, 0.25) is 0 Å². The van der Waals surface area contributed by atoms with E-state index < -0.39 is 11.7 Å². The van der Waals surface area contributed by atoms with Crippen LogP contribution in [0.5, 0.6) is 0 Å². The zero-order chi connectivity index (χ0) is 13.5. The van der Waals surface area contributed by atoms with Crippen molar-refractivity contribution in [3.8, 4) is 0 Å². The molecule has 108 valence electrons. The first-order chi connectivity index (χ1) is 7.76. The van der Waals surface area contributed by atoms with Crippen molar-refractivity contribution in [1.29, 1.82) is 0 Å². The van der Waals surface area contributed by atoms with Crippen LogP contribution in [0.25, 0.3) is 0 Å². The second-order valence-electron chi connectivity index (χ2n) is 4.80. The molecule has 1 amide bonds. The monoisotopic (exact) mass is 372 g/mol. The number of hydrogen-bond donors (Lipinski definition) is 2. The van der Waals surface area contributed by atoms with Crippen LogP contribution in [0.2, 0.25) is 0 Å². The van der Waals surface area contributed by atoms with E-state index in [9.17, 15) is 4.79 Å². The van der Waals surface area contributed by atoms with E-state index in [1.54, 1.807) is 7.05 Å². The van der Waals surface area contributed by atoms with Crippen LogP contribution in [0.1, 0.15) is 20.8 Å². The first kappa shape index (κ1) is 19.6. The van der Waals surface area contributed by atoms with Crippen molar-refractivity contribution in [3.05, 3.63) is 0 Å². The highest BCUT2D eigenvalue weighted by Gasteiger charge is 2.15. The lowest BCUT2D eigenvalue weighted by Crippen LogP contribution is -2.41. The molecule has 0 aliphatic heterocycles. The van der Waals surface area contributed by atoms with E-state index in [4.69, 9.17) is 4.74 Å². The van der Waals surface area contributed by atoms with Crippen LogP contribution in [0, 0.1) is 0 Å². The van der Waals surface area contributed by atoms with Crippen LogP contribution in [0.15, 0.2) is 4.99 Å². The van der Waals surface area contributed by atoms with Crippen molar-refractivity contribution in [3.63, 3.8) is 0 Å². The lowest BCUT2D eigenvalue weighted by atomic mass is 10.2. The molecule has 0 spiro atoms. The number of aliphatic imine (C=N–C) groups is 1. The quantitative estimate of drug-likeness (QED) is 0.339. The molecule has 0 aliphatic rings. The highest BCUT2D eigenvalue weighted by Crippen LogP contribution is 2.05. The van der Waals surface area contributed by atoms with E-state index in [0.717, 1.165) is 5.96 Å². The van der Waals surface area contributed by atoms with Crippen LogP contribution in [-0.2, 0) is 4.74 Å². The molecule has 6 nitrogen and oxygen atoms in total. The maximum absolute atomic E-state index is 11.3. The summed E-state index contributed by atoms with van der Waals surface area (Å²) >= 11 is 0. The minimum Gasteiger partial charge on any atom is -0.444 e. The molecular formula is C11H25IN4O2. The van der Waals surface area contributed by atoms with E-state index >= 15 is 0 Å². The fourth-order valence-electron chi connectivity index (χ4n) is 1.09. The number of hydrogen-bond acceptors (Lipinski definition) is 3. The predicted octanol–water partition coefficient (Wildman–Crippen LogP) is 1.27. The largest absolute Gasteiger partial charge is 0.444 e. The highest BCUT2D eigenvalue weighted by molar-refractivity contribution is 14.0. The third-order valence-electron chi connectivity index (χ3n) is 1.71. The summed E-state index contributed by atoms with van der Waals surface area (Å²) in [5, 5.41) is 5.75. The Balaban J connectivity index is 0. The van der Waals surface area contributed by atoms with Crippen LogP contribution in [0.4, 0.5) is 4.79 Å². The van der Waals surface area contributed by atoms with Crippen LogP contribution in [-0.4, -0.2) is 56.8 Å². The Morgan fingerprint density at radius 3 is 2.11 bits per heavy atom. The molecule has 7 heteroatoms. The van der Waals surface area contributed by atoms with Crippen molar-refractivity contribution in [1.82, 2.24) is 15.5 Å². The van der Waals surface area contributed by atoms with Gasteiger partial charge in [-0.1, -0.05) is 0 Å². The summed E-state index contributed by atoms with van der Waals surface area (Å²) in [7, 11) is 5.51. The Morgan fingerprint density at radius 1 is 1.22 bits per heavy atom. The van der Waals surface area contributed by atoms with Gasteiger partial charge >= 0.3 is 6.09 Å². The maximum Gasteiger partial charge on any atom is 0.407 e. The third-order valence-corrected chi connectivity index (χ3v) is 1.71. The number of guanidine groups is 1. The number of nitrogens with one attached hydrogen (secondary N) is 2. The minimum absolute atomic E-state index is 0. The first-order valence-corrected chi connectivity index (χ1v) is 5.61. The molecule has 0 aromatic heterocycles. The summed E-state index contributed by atoms with van der Waals surface area (Å²) in [6.07, 6.45) is -0.404. The predicted molar refractivity (Wildman–Crippen MR) is 84.7 cm³/mol. The first-order valence-electron chi connectivity index (χ1n) is 5.61. The van der Waals surface area contributed by atoms with Crippen molar-refractivity contribution >= 4 is 36.0 Å². The Hall–Kier alpha value is -0.730. The van der Waals surface area contributed by atoms with Crippen molar-refractivity contribution in [2.24, 2.45) is 4.99 Å². The van der Waals surface area contributed by atoms with E-state index in [0.29, 0.717) is 13.1 Å². The molecule has 0 unspecified atom stereocenters. The summed E-state index contributed by atoms with van der Waals surface area (Å²) in [6, 6.07) is 0. The Morgan fingerprint density at radius 2 is 1.72 bits per heavy atom. The van der Waals surface area contributed by atoms with Gasteiger partial charge in [0.05, 0.1) is 0 Å². The molecule has 0 rings (SSSR count). The third kappa shape index (κ3) is 10.4. The smallest absolute Gasteiger partial charge is 0.407 e. The zero-order valence-electron chi connectivity index (χ0n) is 12.0. The molecule has 0 heterocycles. The molecule has 0 radical (unpaired) electrons. The van der Waals surface area contributed by atoms with Gasteiger partial charge in [0.1, 0.15) is 5.60 Å². The number of nitrogens with zero attached hydrogens (tertiary/aromatic N) is 2. The summed E-state index contributed by atoms with van der Waals surface area (Å²) in [4.78, 5) is 17.2. The average molecular weight is 372 g/mol. The normalized spacial score (nSPS) is 11.3. The highest BCUT2D eigenvalue weighted by atomic mass is 127. The van der Waals surface area contributed by atoms with Crippen LogP contribution in [0.3, 0.4) is 0 Å². The van der Waals surface area contributed by atoms with Gasteiger partial charge in [0.15, 0.2) is 5.96 Å². The number of halogens is 1. The van der Waals surface area contributed by atoms with Crippen LogP contribution >= 0.6 is 24.0 Å². The summed E-state index contributed by atoms with van der Waals surface area (Å²) in [5.74, 6) is 0.774. The van der Waals surface area contributed by atoms with Crippen molar-refractivity contribution in [2.45, 2.75) is 26.4 Å². The van der Waals surface area contributed by atoms with E-state index in [1.807, 2.05) is 39.8 Å². The van der Waals surface area contributed by atoms with Gasteiger partial charge in [-0.25, -0.2) is 4.79 Å². The second-order valence-corrected chi connectivity index (χ2v) is 4.80. The van der Waals surface area contributed by atoms with Gasteiger partial charge in [-0.05, 0) is 20.8 Å². The van der Waals surface area contributed by atoms with Crippen molar-refractivity contribution < 1.29 is 9.53 Å². The molecule has 0 aromatic carbocycles. The van der Waals surface area contributed by atoms with E-state index in [1.165, 1.54) is 0 Å². The summed E-state index contributed by atoms with van der Waals surface area (Å²) in [6.45, 7) is 6.59. The number of ether oxygens (including phenoxy) is 1. The molecule has 0 bridgehead atoms. The molecule has 0 saturated carbocycles. The molecule has 0 saturated heterocycles. The van der Waals surface area contributed by atoms with Gasteiger partial charge in [0.25, 0.3) is 0 Å². The van der Waals surface area contributed by atoms with Crippen molar-refractivity contribution in [2.75, 3.05) is 34.2 Å². The van der Waals surface area contributed by atoms with E-state index in [-0.39, 0.29) is 24.0 Å². The number of alkyl carbamates (subject to hydrolysis) is 1.